The van der Waals surface area contributed by atoms with E-state index in [1.807, 2.05) is 5.57 Å². The van der Waals surface area contributed by atoms with Crippen LogP contribution in [0.2, 0.25) is 0 Å². The van der Waals surface area contributed by atoms with Crippen LogP contribution in [0.3, 0.4) is 0 Å². The van der Waals surface area contributed by atoms with Gasteiger partial charge < -0.3 is 5.11 Å². The summed E-state index contributed by atoms with van der Waals surface area (Å²) < 4.78 is 0. The maximum Gasteiger partial charge on any atom is 0.0596 e. The van der Waals surface area contributed by atoms with Gasteiger partial charge in [-0.25, -0.2) is 0 Å². The van der Waals surface area contributed by atoms with Crippen molar-refractivity contribution >= 4 is 0 Å². The SMILES string of the molecule is C[C@H]1[C@H](C)CC[C@]2(C)CC[C@]3(C)C(=CC[C@H]4[C@@H]5[C@H](C)C[C@@H](O)C(C)(C)[C@H]5CC[C@]43C)[C@@H]12. The van der Waals surface area contributed by atoms with Crippen molar-refractivity contribution in [2.75, 3.05) is 0 Å². The monoisotopic (exact) mass is 426 g/mol. The summed E-state index contributed by atoms with van der Waals surface area (Å²) >= 11 is 0. The standard InChI is InChI=1S/C30H50O/c1-18-11-13-28(6)15-16-30(8)23(26(28)20(18)3)10-9-22-25-19(2)17-24(31)27(4,5)21(25)12-14-29(22,30)7/h10,18-22,24-26,31H,9,11-17H2,1-8H3/t18-,19-,20+,21+,22+,24-,25-,26-,28-,29-,30-/m1/s1. The van der Waals surface area contributed by atoms with Gasteiger partial charge >= 0.3 is 0 Å². The lowest BCUT2D eigenvalue weighted by Gasteiger charge is -2.69. The smallest absolute Gasteiger partial charge is 0.0596 e. The fourth-order valence-corrected chi connectivity index (χ4v) is 10.5. The van der Waals surface area contributed by atoms with E-state index >= 15 is 0 Å². The number of allylic oxidation sites excluding steroid dienone is 2. The summed E-state index contributed by atoms with van der Waals surface area (Å²) in [6.07, 6.45) is 13.4. The highest BCUT2D eigenvalue weighted by atomic mass is 16.3. The van der Waals surface area contributed by atoms with Gasteiger partial charge in [0.25, 0.3) is 0 Å². The summed E-state index contributed by atoms with van der Waals surface area (Å²) in [5.41, 5.74) is 3.28. The molecule has 1 nitrogen and oxygen atoms in total. The summed E-state index contributed by atoms with van der Waals surface area (Å²) in [6.45, 7) is 20.4. The lowest BCUT2D eigenvalue weighted by molar-refractivity contribution is -0.178. The molecule has 0 aromatic heterocycles. The second-order valence-electron chi connectivity index (χ2n) is 14.5. The Balaban J connectivity index is 1.57. The zero-order valence-corrected chi connectivity index (χ0v) is 21.8. The first-order valence-electron chi connectivity index (χ1n) is 13.8. The number of rotatable bonds is 0. The molecule has 0 bridgehead atoms. The molecule has 0 heterocycles. The molecule has 0 aromatic rings. The zero-order valence-electron chi connectivity index (χ0n) is 21.8. The predicted molar refractivity (Wildman–Crippen MR) is 131 cm³/mol. The minimum absolute atomic E-state index is 0.0713. The van der Waals surface area contributed by atoms with Crippen LogP contribution >= 0.6 is 0 Å². The summed E-state index contributed by atoms with van der Waals surface area (Å²) in [5.74, 6) is 5.40. The summed E-state index contributed by atoms with van der Waals surface area (Å²) in [5, 5.41) is 10.9. The van der Waals surface area contributed by atoms with Crippen LogP contribution in [-0.4, -0.2) is 11.2 Å². The van der Waals surface area contributed by atoms with Crippen LogP contribution in [0.15, 0.2) is 11.6 Å². The zero-order chi connectivity index (χ0) is 22.6. The Kier molecular flexibility index (Phi) is 4.98. The van der Waals surface area contributed by atoms with Crippen LogP contribution in [0, 0.1) is 63.1 Å². The number of aliphatic hydroxyl groups excluding tert-OH is 1. The Hall–Kier alpha value is -0.300. The van der Waals surface area contributed by atoms with E-state index in [0.29, 0.717) is 28.1 Å². The van der Waals surface area contributed by atoms with Gasteiger partial charge in [0.2, 0.25) is 0 Å². The van der Waals surface area contributed by atoms with Crippen molar-refractivity contribution in [3.05, 3.63) is 11.6 Å². The highest BCUT2D eigenvalue weighted by Crippen LogP contribution is 2.73. The maximum atomic E-state index is 10.9. The maximum absolute atomic E-state index is 10.9. The van der Waals surface area contributed by atoms with E-state index < -0.39 is 0 Å². The first kappa shape index (κ1) is 22.5. The Morgan fingerprint density at radius 1 is 0.839 bits per heavy atom. The molecule has 31 heavy (non-hydrogen) atoms. The van der Waals surface area contributed by atoms with Crippen molar-refractivity contribution in [2.45, 2.75) is 113 Å². The van der Waals surface area contributed by atoms with Gasteiger partial charge in [-0.2, -0.15) is 0 Å². The van der Waals surface area contributed by atoms with E-state index in [2.05, 4.69) is 61.5 Å². The molecule has 0 aliphatic heterocycles. The van der Waals surface area contributed by atoms with Gasteiger partial charge in [0.15, 0.2) is 0 Å². The molecule has 1 N–H and O–H groups in total. The predicted octanol–water partition coefficient (Wildman–Crippen LogP) is 7.88. The van der Waals surface area contributed by atoms with Gasteiger partial charge in [-0.3, -0.25) is 0 Å². The fourth-order valence-electron chi connectivity index (χ4n) is 10.5. The third kappa shape index (κ3) is 2.77. The molecular weight excluding hydrogens is 376 g/mol. The number of hydrogen-bond acceptors (Lipinski definition) is 1. The van der Waals surface area contributed by atoms with Crippen LogP contribution in [0.4, 0.5) is 0 Å². The fraction of sp³-hybridized carbons (Fsp3) is 0.933. The quantitative estimate of drug-likeness (QED) is 0.390. The van der Waals surface area contributed by atoms with Crippen molar-refractivity contribution in [3.8, 4) is 0 Å². The normalized spacial score (nSPS) is 58.3. The van der Waals surface area contributed by atoms with E-state index in [1.165, 1.54) is 44.9 Å². The Morgan fingerprint density at radius 2 is 1.55 bits per heavy atom. The van der Waals surface area contributed by atoms with Gasteiger partial charge in [0.05, 0.1) is 6.10 Å². The molecular formula is C30H50O. The van der Waals surface area contributed by atoms with E-state index in [9.17, 15) is 5.11 Å². The van der Waals surface area contributed by atoms with E-state index in [0.717, 1.165) is 36.0 Å². The molecule has 0 unspecified atom stereocenters. The van der Waals surface area contributed by atoms with Gasteiger partial charge in [-0.05, 0) is 114 Å². The molecule has 0 spiro atoms. The second-order valence-corrected chi connectivity index (χ2v) is 14.5. The summed E-state index contributed by atoms with van der Waals surface area (Å²) in [7, 11) is 0. The molecule has 4 saturated carbocycles. The van der Waals surface area contributed by atoms with E-state index in [1.54, 1.807) is 0 Å². The minimum atomic E-state index is -0.127. The molecule has 5 aliphatic carbocycles. The molecule has 0 radical (unpaired) electrons. The van der Waals surface area contributed by atoms with Crippen LogP contribution in [0.5, 0.6) is 0 Å². The molecule has 0 amide bonds. The molecule has 0 aromatic carbocycles. The average molecular weight is 427 g/mol. The molecule has 11 atom stereocenters. The molecule has 176 valence electrons. The molecule has 4 fully saturated rings. The van der Waals surface area contributed by atoms with Gasteiger partial charge in [-0.1, -0.05) is 67.0 Å². The van der Waals surface area contributed by atoms with E-state index in [4.69, 9.17) is 0 Å². The van der Waals surface area contributed by atoms with Crippen LogP contribution in [0.25, 0.3) is 0 Å². The first-order chi connectivity index (χ1) is 14.4. The van der Waals surface area contributed by atoms with Crippen molar-refractivity contribution in [3.63, 3.8) is 0 Å². The Morgan fingerprint density at radius 3 is 2.26 bits per heavy atom. The highest BCUT2D eigenvalue weighted by Gasteiger charge is 2.65. The van der Waals surface area contributed by atoms with Gasteiger partial charge in [0, 0.05) is 0 Å². The topological polar surface area (TPSA) is 20.2 Å². The molecule has 0 saturated heterocycles. The molecule has 5 rings (SSSR count). The molecule has 1 heteroatoms. The van der Waals surface area contributed by atoms with Crippen molar-refractivity contribution in [1.82, 2.24) is 0 Å². The van der Waals surface area contributed by atoms with E-state index in [-0.39, 0.29) is 11.5 Å². The van der Waals surface area contributed by atoms with Crippen LogP contribution in [0.1, 0.15) is 107 Å². The second kappa shape index (κ2) is 6.86. The Bertz CT molecular complexity index is 764. The Labute approximate surface area is 192 Å². The summed E-state index contributed by atoms with van der Waals surface area (Å²) in [4.78, 5) is 0. The number of hydrogen-bond donors (Lipinski definition) is 1. The highest BCUT2D eigenvalue weighted by molar-refractivity contribution is 5.33. The van der Waals surface area contributed by atoms with Crippen molar-refractivity contribution < 1.29 is 5.11 Å². The van der Waals surface area contributed by atoms with Crippen molar-refractivity contribution in [1.29, 1.82) is 0 Å². The van der Waals surface area contributed by atoms with Gasteiger partial charge in [-0.15, -0.1) is 0 Å². The summed E-state index contributed by atoms with van der Waals surface area (Å²) in [6, 6.07) is 0. The third-order valence-corrected chi connectivity index (χ3v) is 13.2. The number of fused-ring (bicyclic) bond motifs is 7. The van der Waals surface area contributed by atoms with Gasteiger partial charge in [0.1, 0.15) is 0 Å². The van der Waals surface area contributed by atoms with Crippen LogP contribution < -0.4 is 0 Å². The third-order valence-electron chi connectivity index (χ3n) is 13.2. The minimum Gasteiger partial charge on any atom is -0.393 e. The first-order valence-corrected chi connectivity index (χ1v) is 13.8. The molecule has 5 aliphatic rings. The van der Waals surface area contributed by atoms with Crippen molar-refractivity contribution in [2.24, 2.45) is 63.1 Å². The lowest BCUT2D eigenvalue weighted by Crippen LogP contribution is -2.62. The lowest BCUT2D eigenvalue weighted by atomic mass is 9.35. The van der Waals surface area contributed by atoms with Crippen LogP contribution in [-0.2, 0) is 0 Å². The average Bonchev–Trinajstić information content (AvgIpc) is 2.70. The largest absolute Gasteiger partial charge is 0.393 e. The number of aliphatic hydroxyl groups is 1.